The number of rotatable bonds is 17. The van der Waals surface area contributed by atoms with Crippen LogP contribution in [0.4, 0.5) is 0 Å². The molecule has 0 heterocycles. The van der Waals surface area contributed by atoms with Gasteiger partial charge in [-0.2, -0.15) is 16.8 Å². The summed E-state index contributed by atoms with van der Waals surface area (Å²) in [4.78, 5) is 0.0132. The molecule has 0 aliphatic carbocycles. The first-order chi connectivity index (χ1) is 24.0. The zero-order chi connectivity index (χ0) is 35.6. The molecule has 5 aromatic carbocycles. The standard InChI is InChI=1S/C40H42O8S2/c1-4-45-35-21-19-34(20-22-35)40(29-46-49(41,42)38-23-15-31(2)16-24-38,30-47-50(43,44)39-25-17-32(3)18-26-39)27-9-11-33-10-8-14-37(28-33)48-36-12-6-5-7-13-36/h5-8,10,12-26,28H,4,9,11,27,29-30H2,1-3H3. The highest BCUT2D eigenvalue weighted by molar-refractivity contribution is 7.87. The van der Waals surface area contributed by atoms with Crippen LogP contribution < -0.4 is 9.47 Å². The minimum absolute atomic E-state index is 0.00659. The van der Waals surface area contributed by atoms with E-state index in [1.54, 1.807) is 36.4 Å². The van der Waals surface area contributed by atoms with Gasteiger partial charge in [0.2, 0.25) is 0 Å². The van der Waals surface area contributed by atoms with Gasteiger partial charge >= 0.3 is 0 Å². The van der Waals surface area contributed by atoms with Crippen LogP contribution in [0.5, 0.6) is 17.2 Å². The molecule has 50 heavy (non-hydrogen) atoms. The van der Waals surface area contributed by atoms with Crippen molar-refractivity contribution in [2.45, 2.75) is 55.2 Å². The molecule has 5 rings (SSSR count). The summed E-state index contributed by atoms with van der Waals surface area (Å²) in [5.41, 5.74) is 2.26. The summed E-state index contributed by atoms with van der Waals surface area (Å²) in [5.74, 6) is 2.03. The Labute approximate surface area is 295 Å². The van der Waals surface area contributed by atoms with Gasteiger partial charge in [0.1, 0.15) is 17.2 Å². The number of ether oxygens (including phenoxy) is 2. The van der Waals surface area contributed by atoms with Crippen molar-refractivity contribution < 1.29 is 34.7 Å². The Morgan fingerprint density at radius 2 is 1.12 bits per heavy atom. The van der Waals surface area contributed by atoms with E-state index in [1.165, 1.54) is 24.3 Å². The van der Waals surface area contributed by atoms with Crippen LogP contribution in [0.25, 0.3) is 0 Å². The van der Waals surface area contributed by atoms with Crippen LogP contribution in [0, 0.1) is 13.8 Å². The van der Waals surface area contributed by atoms with Gasteiger partial charge in [0.05, 0.1) is 29.6 Å². The van der Waals surface area contributed by atoms with E-state index in [2.05, 4.69) is 0 Å². The molecule has 10 heteroatoms. The fourth-order valence-electron chi connectivity index (χ4n) is 5.52. The molecular weight excluding hydrogens is 673 g/mol. The van der Waals surface area contributed by atoms with E-state index in [4.69, 9.17) is 17.8 Å². The van der Waals surface area contributed by atoms with Crippen molar-refractivity contribution in [3.05, 3.63) is 150 Å². The monoisotopic (exact) mass is 714 g/mol. The van der Waals surface area contributed by atoms with E-state index in [0.29, 0.717) is 42.9 Å². The highest BCUT2D eigenvalue weighted by atomic mass is 32.2. The minimum Gasteiger partial charge on any atom is -0.494 e. The molecule has 0 fully saturated rings. The molecule has 0 aliphatic rings. The predicted octanol–water partition coefficient (Wildman–Crippen LogP) is 8.57. The molecule has 0 N–H and O–H groups in total. The largest absolute Gasteiger partial charge is 0.494 e. The van der Waals surface area contributed by atoms with Gasteiger partial charge in [-0.25, -0.2) is 0 Å². The smallest absolute Gasteiger partial charge is 0.297 e. The third-order valence-corrected chi connectivity index (χ3v) is 10.9. The van der Waals surface area contributed by atoms with Crippen LogP contribution in [0.15, 0.2) is 137 Å². The van der Waals surface area contributed by atoms with Crippen LogP contribution in [-0.2, 0) is 40.4 Å². The summed E-state index contributed by atoms with van der Waals surface area (Å²) >= 11 is 0. The first kappa shape index (κ1) is 36.8. The molecule has 0 saturated carbocycles. The predicted molar refractivity (Wildman–Crippen MR) is 194 cm³/mol. The van der Waals surface area contributed by atoms with Gasteiger partial charge in [0.15, 0.2) is 0 Å². The first-order valence-corrected chi connectivity index (χ1v) is 19.3. The summed E-state index contributed by atoms with van der Waals surface area (Å²) in [7, 11) is -8.41. The summed E-state index contributed by atoms with van der Waals surface area (Å²) < 4.78 is 77.2. The van der Waals surface area contributed by atoms with Crippen LogP contribution in [0.3, 0.4) is 0 Å². The van der Waals surface area contributed by atoms with Crippen LogP contribution >= 0.6 is 0 Å². The molecule has 5 aromatic rings. The Balaban J connectivity index is 1.47. The van der Waals surface area contributed by atoms with Crippen LogP contribution in [0.2, 0.25) is 0 Å². The second-order valence-corrected chi connectivity index (χ2v) is 15.4. The molecule has 0 unspecified atom stereocenters. The maximum absolute atomic E-state index is 13.5. The number of hydrogen-bond donors (Lipinski definition) is 0. The van der Waals surface area contributed by atoms with E-state index in [1.807, 2.05) is 87.5 Å². The molecule has 262 valence electrons. The Hall–Kier alpha value is -4.48. The lowest BCUT2D eigenvalue weighted by Crippen LogP contribution is -2.39. The van der Waals surface area contributed by atoms with Gasteiger partial charge in [-0.1, -0.05) is 77.9 Å². The molecule has 0 aromatic heterocycles. The average Bonchev–Trinajstić information content (AvgIpc) is 3.11. The summed E-state index contributed by atoms with van der Waals surface area (Å²) in [6.07, 6.45) is 1.47. The topological polar surface area (TPSA) is 105 Å². The van der Waals surface area contributed by atoms with Crippen LogP contribution in [-0.4, -0.2) is 36.7 Å². The lowest BCUT2D eigenvalue weighted by atomic mass is 9.77. The van der Waals surface area contributed by atoms with Gasteiger partial charge in [-0.05, 0) is 112 Å². The maximum Gasteiger partial charge on any atom is 0.297 e. The van der Waals surface area contributed by atoms with Crippen molar-refractivity contribution in [3.63, 3.8) is 0 Å². The van der Waals surface area contributed by atoms with Gasteiger partial charge in [0, 0.05) is 5.41 Å². The highest BCUT2D eigenvalue weighted by Gasteiger charge is 2.37. The average molecular weight is 715 g/mol. The second-order valence-electron chi connectivity index (χ2n) is 12.2. The summed E-state index contributed by atoms with van der Waals surface area (Å²) in [5, 5.41) is 0. The van der Waals surface area contributed by atoms with Crippen molar-refractivity contribution in [2.24, 2.45) is 0 Å². The maximum atomic E-state index is 13.5. The fraction of sp³-hybridized carbons (Fsp3) is 0.250. The van der Waals surface area contributed by atoms with E-state index in [0.717, 1.165) is 22.4 Å². The van der Waals surface area contributed by atoms with Crippen molar-refractivity contribution in [2.75, 3.05) is 19.8 Å². The SMILES string of the molecule is CCOc1ccc(C(CCCc2cccc(Oc3ccccc3)c2)(COS(=O)(=O)c2ccc(C)cc2)COS(=O)(=O)c2ccc(C)cc2)cc1. The first-order valence-electron chi connectivity index (χ1n) is 16.5. The van der Waals surface area contributed by atoms with Gasteiger partial charge in [-0.3, -0.25) is 8.37 Å². The molecule has 0 amide bonds. The third-order valence-electron chi connectivity index (χ3n) is 8.38. The third kappa shape index (κ3) is 9.82. The highest BCUT2D eigenvalue weighted by Crippen LogP contribution is 2.35. The van der Waals surface area contributed by atoms with E-state index < -0.39 is 25.7 Å². The summed E-state index contributed by atoms with van der Waals surface area (Å²) in [6, 6.07) is 37.2. The van der Waals surface area contributed by atoms with E-state index in [-0.39, 0.29) is 23.0 Å². The minimum atomic E-state index is -4.20. The molecule has 8 nitrogen and oxygen atoms in total. The van der Waals surface area contributed by atoms with E-state index in [9.17, 15) is 16.8 Å². The molecule has 0 spiro atoms. The van der Waals surface area contributed by atoms with Gasteiger partial charge in [0.25, 0.3) is 20.2 Å². The Kier molecular flexibility index (Phi) is 12.1. The normalized spacial score (nSPS) is 12.1. The Bertz CT molecular complexity index is 1960. The Morgan fingerprint density at radius 3 is 1.66 bits per heavy atom. The molecular formula is C40H42O8S2. The van der Waals surface area contributed by atoms with Crippen molar-refractivity contribution >= 4 is 20.2 Å². The van der Waals surface area contributed by atoms with E-state index >= 15 is 0 Å². The molecule has 0 saturated heterocycles. The van der Waals surface area contributed by atoms with Gasteiger partial charge < -0.3 is 9.47 Å². The number of hydrogen-bond acceptors (Lipinski definition) is 8. The molecule has 0 radical (unpaired) electrons. The van der Waals surface area contributed by atoms with Crippen molar-refractivity contribution in [1.29, 1.82) is 0 Å². The number of benzene rings is 5. The lowest BCUT2D eigenvalue weighted by Gasteiger charge is -2.34. The summed E-state index contributed by atoms with van der Waals surface area (Å²) in [6.45, 7) is 5.35. The molecule has 0 atom stereocenters. The zero-order valence-corrected chi connectivity index (χ0v) is 30.1. The van der Waals surface area contributed by atoms with Crippen molar-refractivity contribution in [1.82, 2.24) is 0 Å². The molecule has 0 bridgehead atoms. The van der Waals surface area contributed by atoms with Crippen molar-refractivity contribution in [3.8, 4) is 17.2 Å². The number of para-hydroxylation sites is 1. The quantitative estimate of drug-likeness (QED) is 0.0883. The van der Waals surface area contributed by atoms with Crippen LogP contribution in [0.1, 0.15) is 42.0 Å². The zero-order valence-electron chi connectivity index (χ0n) is 28.4. The Morgan fingerprint density at radius 1 is 0.580 bits per heavy atom. The number of aryl methyl sites for hydroxylation is 3. The fourth-order valence-corrected chi connectivity index (χ4v) is 7.49. The molecule has 0 aliphatic heterocycles. The lowest BCUT2D eigenvalue weighted by molar-refractivity contribution is 0.139. The second kappa shape index (κ2) is 16.5. The van der Waals surface area contributed by atoms with Gasteiger partial charge in [-0.15, -0.1) is 0 Å².